The third-order valence-electron chi connectivity index (χ3n) is 6.73. The number of guanidine groups is 1. The molecule has 14 nitrogen and oxygen atoms in total. The quantitative estimate of drug-likeness (QED) is 0.0726. The molecule has 4 aromatic carbocycles. The Morgan fingerprint density at radius 1 is 0.936 bits per heavy atom. The van der Waals surface area contributed by atoms with Gasteiger partial charge in [0.25, 0.3) is 15.9 Å². The standard InChI is InChI=1S/C31H28N6O8S2/c1-46(41,42)36-28(38)19-37(47(43,44)27-11-5-9-21-10-6-16-33-29(21)27)22-12-13-23-24(17-22)25(14-15-26(23)45-31(39)40)35-30(32)34-18-20-7-3-2-4-8-20/h2-17H,18-19H2,1H3,(H,36,38)(H,39,40)(H3,32,34,35). The molecule has 0 aliphatic carbocycles. The summed E-state index contributed by atoms with van der Waals surface area (Å²) in [6, 6.07) is 24.1. The number of pyridine rings is 1. The summed E-state index contributed by atoms with van der Waals surface area (Å²) in [5, 5.41) is 13.3. The average molecular weight is 677 g/mol. The summed E-state index contributed by atoms with van der Waals surface area (Å²) >= 11 is 0. The molecule has 1 amide bonds. The number of fused-ring (bicyclic) bond motifs is 2. The first-order chi connectivity index (χ1) is 22.3. The Balaban J connectivity index is 1.65. The zero-order chi connectivity index (χ0) is 33.8. The number of carboxylic acid groups (broad SMARTS) is 1. The normalized spacial score (nSPS) is 12.1. The Hall–Kier alpha value is -5.74. The van der Waals surface area contributed by atoms with Gasteiger partial charge >= 0.3 is 6.16 Å². The molecule has 0 atom stereocenters. The molecule has 0 bridgehead atoms. The number of anilines is 2. The van der Waals surface area contributed by atoms with E-state index in [9.17, 15) is 31.5 Å². The van der Waals surface area contributed by atoms with E-state index in [4.69, 9.17) is 10.5 Å². The summed E-state index contributed by atoms with van der Waals surface area (Å²) in [6.07, 6.45) is 0.606. The highest BCUT2D eigenvalue weighted by atomic mass is 32.2. The number of rotatable bonds is 10. The number of hydrogen-bond donors (Lipinski definition) is 4. The van der Waals surface area contributed by atoms with Crippen molar-refractivity contribution in [1.29, 1.82) is 0 Å². The van der Waals surface area contributed by atoms with Crippen LogP contribution in [0.4, 0.5) is 16.2 Å². The molecule has 0 saturated carbocycles. The second-order valence-corrected chi connectivity index (χ2v) is 13.7. The molecule has 0 saturated heterocycles. The third kappa shape index (κ3) is 7.74. The largest absolute Gasteiger partial charge is 0.511 e. The molecule has 0 radical (unpaired) electrons. The van der Waals surface area contributed by atoms with Crippen LogP contribution in [0.15, 0.2) is 107 Å². The van der Waals surface area contributed by atoms with E-state index in [1.165, 1.54) is 48.7 Å². The van der Waals surface area contributed by atoms with Crippen molar-refractivity contribution in [2.75, 3.05) is 22.4 Å². The first-order valence-electron chi connectivity index (χ1n) is 13.8. The van der Waals surface area contributed by atoms with Gasteiger partial charge in [-0.25, -0.2) is 26.6 Å². The Labute approximate surface area is 269 Å². The van der Waals surface area contributed by atoms with Crippen molar-refractivity contribution in [2.45, 2.75) is 11.4 Å². The summed E-state index contributed by atoms with van der Waals surface area (Å²) in [7, 11) is -8.62. The Morgan fingerprint density at radius 2 is 1.68 bits per heavy atom. The minimum absolute atomic E-state index is 0.00583. The number of nitrogens with zero attached hydrogens (tertiary/aromatic N) is 3. The molecular weight excluding hydrogens is 649 g/mol. The van der Waals surface area contributed by atoms with E-state index in [1.807, 2.05) is 30.3 Å². The SMILES string of the molecule is CS(=O)(=O)NC(=O)CN(c1ccc2c(OC(=O)O)ccc(NC(N)=NCc3ccccc3)c2c1)S(=O)(=O)c1cccc2cccnc12. The number of aromatic nitrogens is 1. The van der Waals surface area contributed by atoms with Crippen LogP contribution in [0.5, 0.6) is 5.75 Å². The summed E-state index contributed by atoms with van der Waals surface area (Å²) in [6.45, 7) is -0.678. The molecule has 16 heteroatoms. The highest BCUT2D eigenvalue weighted by Crippen LogP contribution is 2.37. The van der Waals surface area contributed by atoms with Gasteiger partial charge in [-0.15, -0.1) is 0 Å². The van der Waals surface area contributed by atoms with Crippen LogP contribution < -0.4 is 24.8 Å². The highest BCUT2D eigenvalue weighted by molar-refractivity contribution is 7.93. The molecule has 0 fully saturated rings. The van der Waals surface area contributed by atoms with Gasteiger partial charge in [-0.3, -0.25) is 18.8 Å². The van der Waals surface area contributed by atoms with E-state index in [0.29, 0.717) is 11.1 Å². The lowest BCUT2D eigenvalue weighted by atomic mass is 10.1. The maximum atomic E-state index is 14.3. The monoisotopic (exact) mass is 676 g/mol. The Morgan fingerprint density at radius 3 is 2.40 bits per heavy atom. The number of para-hydroxylation sites is 1. The average Bonchev–Trinajstić information content (AvgIpc) is 3.02. The fourth-order valence-corrected chi connectivity index (χ4v) is 6.84. The van der Waals surface area contributed by atoms with E-state index in [0.717, 1.165) is 16.1 Å². The van der Waals surface area contributed by atoms with Crippen LogP contribution in [0.1, 0.15) is 5.56 Å². The van der Waals surface area contributed by atoms with Crippen molar-refractivity contribution in [3.05, 3.63) is 103 Å². The van der Waals surface area contributed by atoms with E-state index < -0.39 is 38.7 Å². The van der Waals surface area contributed by atoms with Crippen molar-refractivity contribution < 1.29 is 36.3 Å². The predicted octanol–water partition coefficient (Wildman–Crippen LogP) is 3.64. The second-order valence-electron chi connectivity index (χ2n) is 10.2. The van der Waals surface area contributed by atoms with Gasteiger partial charge in [-0.05, 0) is 48.0 Å². The Kier molecular flexibility index (Phi) is 9.25. The van der Waals surface area contributed by atoms with Gasteiger partial charge in [-0.1, -0.05) is 48.5 Å². The first-order valence-corrected chi connectivity index (χ1v) is 17.1. The number of nitrogens with one attached hydrogen (secondary N) is 2. The first kappa shape index (κ1) is 32.6. The van der Waals surface area contributed by atoms with Crippen molar-refractivity contribution in [3.63, 3.8) is 0 Å². The van der Waals surface area contributed by atoms with Gasteiger partial charge in [0.1, 0.15) is 17.2 Å². The molecule has 47 heavy (non-hydrogen) atoms. The van der Waals surface area contributed by atoms with Crippen LogP contribution in [0, 0.1) is 0 Å². The van der Waals surface area contributed by atoms with Crippen LogP contribution in [0.25, 0.3) is 21.7 Å². The van der Waals surface area contributed by atoms with Gasteiger partial charge in [0.15, 0.2) is 5.96 Å². The zero-order valence-electron chi connectivity index (χ0n) is 24.7. The van der Waals surface area contributed by atoms with Crippen molar-refractivity contribution in [1.82, 2.24) is 9.71 Å². The molecule has 5 aromatic rings. The van der Waals surface area contributed by atoms with Gasteiger partial charge in [0.2, 0.25) is 10.0 Å². The molecule has 0 unspecified atom stereocenters. The smallest absolute Gasteiger partial charge is 0.449 e. The Bertz CT molecular complexity index is 2240. The minimum atomic E-state index is -4.58. The number of amides is 1. The molecule has 5 rings (SSSR count). The lowest BCUT2D eigenvalue weighted by Gasteiger charge is -2.25. The number of carbonyl (C=O) groups is 2. The van der Waals surface area contributed by atoms with Crippen molar-refractivity contribution in [3.8, 4) is 5.75 Å². The minimum Gasteiger partial charge on any atom is -0.449 e. The van der Waals surface area contributed by atoms with Crippen molar-refractivity contribution >= 4 is 71.1 Å². The lowest BCUT2D eigenvalue weighted by molar-refractivity contribution is -0.117. The maximum Gasteiger partial charge on any atom is 0.511 e. The molecular formula is C31H28N6O8S2. The van der Waals surface area contributed by atoms with E-state index in [1.54, 1.807) is 22.9 Å². The van der Waals surface area contributed by atoms with Gasteiger partial charge < -0.3 is 20.9 Å². The fraction of sp³-hybridized carbons (Fsp3) is 0.0968. The van der Waals surface area contributed by atoms with Crippen LogP contribution in [0.3, 0.4) is 0 Å². The summed E-state index contributed by atoms with van der Waals surface area (Å²) < 4.78 is 59.7. The number of hydrogen-bond acceptors (Lipinski definition) is 9. The molecule has 1 aromatic heterocycles. The van der Waals surface area contributed by atoms with E-state index >= 15 is 0 Å². The zero-order valence-corrected chi connectivity index (χ0v) is 26.3. The third-order valence-corrected chi connectivity index (χ3v) is 9.14. The lowest BCUT2D eigenvalue weighted by Crippen LogP contribution is -2.42. The number of ether oxygens (including phenoxy) is 1. The number of sulfonamides is 2. The summed E-state index contributed by atoms with van der Waals surface area (Å²) in [5.74, 6) is -1.18. The predicted molar refractivity (Wildman–Crippen MR) is 177 cm³/mol. The number of nitrogens with two attached hydrogens (primary N) is 1. The van der Waals surface area contributed by atoms with Gasteiger partial charge in [0.05, 0.1) is 24.0 Å². The molecule has 242 valence electrons. The van der Waals surface area contributed by atoms with Crippen LogP contribution in [0.2, 0.25) is 0 Å². The number of aliphatic imine (C=N–C) groups is 1. The van der Waals surface area contributed by atoms with Gasteiger partial charge in [0, 0.05) is 28.0 Å². The topological polar surface area (TPSA) is 210 Å². The summed E-state index contributed by atoms with van der Waals surface area (Å²) in [5.41, 5.74) is 7.44. The second kappa shape index (κ2) is 13.3. The van der Waals surface area contributed by atoms with Crippen LogP contribution in [-0.2, 0) is 31.4 Å². The number of benzene rings is 4. The molecule has 5 N–H and O–H groups in total. The van der Waals surface area contributed by atoms with Crippen LogP contribution >= 0.6 is 0 Å². The molecule has 0 aliphatic heterocycles. The molecule has 0 spiro atoms. The fourth-order valence-electron chi connectivity index (χ4n) is 4.78. The van der Waals surface area contributed by atoms with Crippen molar-refractivity contribution in [2.24, 2.45) is 10.7 Å². The van der Waals surface area contributed by atoms with E-state index in [2.05, 4.69) is 15.3 Å². The molecule has 0 aliphatic rings. The molecule has 1 heterocycles. The maximum absolute atomic E-state index is 14.3. The highest BCUT2D eigenvalue weighted by Gasteiger charge is 2.30. The van der Waals surface area contributed by atoms with Crippen LogP contribution in [-0.4, -0.2) is 57.7 Å². The van der Waals surface area contributed by atoms with Gasteiger partial charge in [-0.2, -0.15) is 0 Å². The summed E-state index contributed by atoms with van der Waals surface area (Å²) in [4.78, 5) is 32.7. The van der Waals surface area contributed by atoms with E-state index in [-0.39, 0.29) is 45.1 Å². The number of carbonyl (C=O) groups excluding carboxylic acids is 1.